The van der Waals surface area contributed by atoms with Crippen LogP contribution in [0.3, 0.4) is 0 Å². The highest BCUT2D eigenvalue weighted by Gasteiger charge is 2.23. The predicted molar refractivity (Wildman–Crippen MR) is 125 cm³/mol. The van der Waals surface area contributed by atoms with E-state index in [0.717, 1.165) is 42.7 Å². The molecule has 0 aliphatic carbocycles. The molecule has 0 radical (unpaired) electrons. The number of hydrogen-bond donors (Lipinski definition) is 0. The SMILES string of the molecule is COc1cc(N2CCN(C(=O)Cn3ncc4c(I)ccnc43)CC2)ccc1I. The number of aromatic nitrogens is 3. The molecule has 1 aliphatic rings. The Morgan fingerprint density at radius 1 is 1.14 bits per heavy atom. The molecule has 146 valence electrons. The third kappa shape index (κ3) is 3.91. The van der Waals surface area contributed by atoms with Crippen molar-refractivity contribution in [1.82, 2.24) is 19.7 Å². The summed E-state index contributed by atoms with van der Waals surface area (Å²) in [5, 5.41) is 5.34. The van der Waals surface area contributed by atoms with Crippen molar-refractivity contribution in [3.8, 4) is 5.75 Å². The molecule has 0 spiro atoms. The van der Waals surface area contributed by atoms with Crippen LogP contribution in [-0.2, 0) is 11.3 Å². The van der Waals surface area contributed by atoms with Gasteiger partial charge in [-0.25, -0.2) is 9.67 Å². The van der Waals surface area contributed by atoms with Gasteiger partial charge in [-0.2, -0.15) is 5.10 Å². The molecule has 7 nitrogen and oxygen atoms in total. The maximum atomic E-state index is 12.8. The number of ether oxygens (including phenoxy) is 1. The molecule has 9 heteroatoms. The van der Waals surface area contributed by atoms with E-state index >= 15 is 0 Å². The highest BCUT2D eigenvalue weighted by Crippen LogP contribution is 2.27. The number of carbonyl (C=O) groups excluding carboxylic acids is 1. The molecule has 1 aliphatic heterocycles. The second-order valence-corrected chi connectivity index (χ2v) is 8.84. The second-order valence-electron chi connectivity index (χ2n) is 6.52. The number of nitrogens with zero attached hydrogens (tertiary/aromatic N) is 5. The highest BCUT2D eigenvalue weighted by atomic mass is 127. The molecular formula is C19H19I2N5O2. The van der Waals surface area contributed by atoms with E-state index in [9.17, 15) is 4.79 Å². The van der Waals surface area contributed by atoms with Crippen LogP contribution in [0.2, 0.25) is 0 Å². The summed E-state index contributed by atoms with van der Waals surface area (Å²) in [6.07, 6.45) is 3.53. The standard InChI is InChI=1S/C19H19I2N5O2/c1-28-17-10-13(2-3-16(17)21)24-6-8-25(9-7-24)18(27)12-26-19-14(11-23-26)15(20)4-5-22-19/h2-5,10-11H,6-9,12H2,1H3. The van der Waals surface area contributed by atoms with Crippen LogP contribution >= 0.6 is 45.2 Å². The van der Waals surface area contributed by atoms with Gasteiger partial charge in [0.1, 0.15) is 12.3 Å². The highest BCUT2D eigenvalue weighted by molar-refractivity contribution is 14.1. The Kier molecular flexibility index (Phi) is 5.90. The summed E-state index contributed by atoms with van der Waals surface area (Å²) in [4.78, 5) is 21.3. The van der Waals surface area contributed by atoms with Gasteiger partial charge in [0, 0.05) is 47.7 Å². The summed E-state index contributed by atoms with van der Waals surface area (Å²) in [6, 6.07) is 8.16. The molecule has 0 N–H and O–H groups in total. The minimum absolute atomic E-state index is 0.0745. The average Bonchev–Trinajstić information content (AvgIpc) is 3.13. The van der Waals surface area contributed by atoms with Gasteiger partial charge in [0.15, 0.2) is 5.65 Å². The Hall–Kier alpha value is -1.63. The monoisotopic (exact) mass is 603 g/mol. The normalized spacial score (nSPS) is 14.5. The van der Waals surface area contributed by atoms with Crippen molar-refractivity contribution in [1.29, 1.82) is 0 Å². The maximum absolute atomic E-state index is 12.8. The molecule has 1 aromatic carbocycles. The lowest BCUT2D eigenvalue weighted by Gasteiger charge is -2.36. The topological polar surface area (TPSA) is 63.5 Å². The summed E-state index contributed by atoms with van der Waals surface area (Å²) >= 11 is 4.53. The van der Waals surface area contributed by atoms with E-state index in [-0.39, 0.29) is 12.5 Å². The number of benzene rings is 1. The fourth-order valence-corrected chi connectivity index (χ4v) is 4.45. The Labute approximate surface area is 190 Å². The zero-order valence-corrected chi connectivity index (χ0v) is 19.6. The van der Waals surface area contributed by atoms with Crippen LogP contribution in [0.25, 0.3) is 11.0 Å². The molecule has 1 fully saturated rings. The fourth-order valence-electron chi connectivity index (χ4n) is 3.35. The van der Waals surface area contributed by atoms with E-state index < -0.39 is 0 Å². The average molecular weight is 603 g/mol. The van der Waals surface area contributed by atoms with Crippen molar-refractivity contribution in [3.63, 3.8) is 0 Å². The third-order valence-electron chi connectivity index (χ3n) is 4.90. The molecule has 0 bridgehead atoms. The lowest BCUT2D eigenvalue weighted by molar-refractivity contribution is -0.132. The van der Waals surface area contributed by atoms with Gasteiger partial charge in [-0.3, -0.25) is 4.79 Å². The Bertz CT molecular complexity index is 1010. The van der Waals surface area contributed by atoms with Crippen LogP contribution in [0.5, 0.6) is 5.75 Å². The first-order chi connectivity index (χ1) is 13.6. The van der Waals surface area contributed by atoms with Crippen molar-refractivity contribution >= 4 is 67.8 Å². The van der Waals surface area contributed by atoms with E-state index in [1.54, 1.807) is 24.2 Å². The summed E-state index contributed by atoms with van der Waals surface area (Å²) in [5.74, 6) is 0.954. The summed E-state index contributed by atoms with van der Waals surface area (Å²) in [5.41, 5.74) is 1.88. The van der Waals surface area contributed by atoms with E-state index in [0.29, 0.717) is 13.1 Å². The van der Waals surface area contributed by atoms with Crippen molar-refractivity contribution in [2.24, 2.45) is 0 Å². The van der Waals surface area contributed by atoms with Crippen LogP contribution in [0.4, 0.5) is 5.69 Å². The number of amides is 1. The van der Waals surface area contributed by atoms with Gasteiger partial charge in [0.2, 0.25) is 5.91 Å². The minimum atomic E-state index is 0.0745. The van der Waals surface area contributed by atoms with Gasteiger partial charge in [-0.15, -0.1) is 0 Å². The zero-order valence-electron chi connectivity index (χ0n) is 15.3. The Morgan fingerprint density at radius 2 is 1.93 bits per heavy atom. The number of hydrogen-bond acceptors (Lipinski definition) is 5. The first-order valence-electron chi connectivity index (χ1n) is 8.89. The van der Waals surface area contributed by atoms with Crippen LogP contribution in [0.1, 0.15) is 0 Å². The number of anilines is 1. The number of methoxy groups -OCH3 is 1. The number of rotatable bonds is 4. The number of fused-ring (bicyclic) bond motifs is 1. The quantitative estimate of drug-likeness (QED) is 0.430. The third-order valence-corrected chi connectivity index (χ3v) is 6.74. The molecule has 1 saturated heterocycles. The van der Waals surface area contributed by atoms with E-state index in [1.807, 2.05) is 11.0 Å². The van der Waals surface area contributed by atoms with Crippen molar-refractivity contribution < 1.29 is 9.53 Å². The number of pyridine rings is 1. The van der Waals surface area contributed by atoms with Gasteiger partial charge in [0.05, 0.1) is 22.3 Å². The van der Waals surface area contributed by atoms with E-state index in [2.05, 4.69) is 78.4 Å². The lowest BCUT2D eigenvalue weighted by atomic mass is 10.2. The second kappa shape index (κ2) is 8.39. The molecular weight excluding hydrogens is 584 g/mol. The van der Waals surface area contributed by atoms with Crippen LogP contribution < -0.4 is 9.64 Å². The Balaban J connectivity index is 1.40. The largest absolute Gasteiger partial charge is 0.496 e. The van der Waals surface area contributed by atoms with E-state index in [1.165, 1.54) is 0 Å². The molecule has 0 atom stereocenters. The van der Waals surface area contributed by atoms with Gasteiger partial charge >= 0.3 is 0 Å². The van der Waals surface area contributed by atoms with Crippen LogP contribution in [0.15, 0.2) is 36.7 Å². The fraction of sp³-hybridized carbons (Fsp3) is 0.316. The molecule has 2 aromatic heterocycles. The van der Waals surface area contributed by atoms with Crippen LogP contribution in [0, 0.1) is 7.14 Å². The number of piperazine rings is 1. The first-order valence-corrected chi connectivity index (χ1v) is 11.0. The maximum Gasteiger partial charge on any atom is 0.244 e. The summed E-state index contributed by atoms with van der Waals surface area (Å²) < 4.78 is 9.29. The summed E-state index contributed by atoms with van der Waals surface area (Å²) in [6.45, 7) is 3.19. The molecule has 3 aromatic rings. The molecule has 28 heavy (non-hydrogen) atoms. The van der Waals surface area contributed by atoms with Crippen molar-refractivity contribution in [3.05, 3.63) is 43.8 Å². The van der Waals surface area contributed by atoms with Gasteiger partial charge in [0.25, 0.3) is 0 Å². The van der Waals surface area contributed by atoms with Crippen molar-refractivity contribution in [2.45, 2.75) is 6.54 Å². The smallest absolute Gasteiger partial charge is 0.244 e. The molecule has 3 heterocycles. The van der Waals surface area contributed by atoms with Gasteiger partial charge in [-0.05, 0) is 63.4 Å². The molecule has 0 unspecified atom stereocenters. The number of carbonyl (C=O) groups is 1. The van der Waals surface area contributed by atoms with Crippen LogP contribution in [-0.4, -0.2) is 58.9 Å². The van der Waals surface area contributed by atoms with Gasteiger partial charge in [-0.1, -0.05) is 0 Å². The summed E-state index contributed by atoms with van der Waals surface area (Å²) in [7, 11) is 1.69. The molecule has 1 amide bonds. The van der Waals surface area contributed by atoms with Crippen molar-refractivity contribution in [2.75, 3.05) is 38.2 Å². The molecule has 0 saturated carbocycles. The lowest BCUT2D eigenvalue weighted by Crippen LogP contribution is -2.49. The first kappa shape index (κ1) is 19.7. The minimum Gasteiger partial charge on any atom is -0.496 e. The molecule has 4 rings (SSSR count). The van der Waals surface area contributed by atoms with Gasteiger partial charge < -0.3 is 14.5 Å². The van der Waals surface area contributed by atoms with E-state index in [4.69, 9.17) is 4.74 Å². The number of halogens is 2. The zero-order chi connectivity index (χ0) is 19.7. The predicted octanol–water partition coefficient (Wildman–Crippen LogP) is 3.00. The Morgan fingerprint density at radius 3 is 2.68 bits per heavy atom.